The number of para-hydroxylation sites is 1. The highest BCUT2D eigenvalue weighted by Gasteiger charge is 2.22. The minimum absolute atomic E-state index is 0.0772. The van der Waals surface area contributed by atoms with Gasteiger partial charge in [-0.05, 0) is 47.0 Å². The van der Waals surface area contributed by atoms with Crippen molar-refractivity contribution >= 4 is 33.2 Å². The van der Waals surface area contributed by atoms with Gasteiger partial charge in [0.1, 0.15) is 5.75 Å². The van der Waals surface area contributed by atoms with Gasteiger partial charge in [-0.25, -0.2) is 0 Å². The molecule has 1 N–H and O–H groups in total. The highest BCUT2D eigenvalue weighted by molar-refractivity contribution is 9.11. The second-order valence-corrected chi connectivity index (χ2v) is 7.90. The van der Waals surface area contributed by atoms with E-state index in [9.17, 15) is 4.79 Å². The maximum Gasteiger partial charge on any atom is 0.220 e. The Kier molecular flexibility index (Phi) is 5.16. The molecule has 1 aromatic heterocycles. The Morgan fingerprint density at radius 2 is 2.18 bits per heavy atom. The summed E-state index contributed by atoms with van der Waals surface area (Å²) in [5, 5.41) is 3.14. The first-order chi connectivity index (χ1) is 10.7. The van der Waals surface area contributed by atoms with Gasteiger partial charge in [0.25, 0.3) is 0 Å². The highest BCUT2D eigenvalue weighted by Crippen LogP contribution is 2.31. The summed E-state index contributed by atoms with van der Waals surface area (Å²) in [5.41, 5.74) is 1.09. The Hall–Kier alpha value is -1.33. The minimum Gasteiger partial charge on any atom is -0.493 e. The summed E-state index contributed by atoms with van der Waals surface area (Å²) < 4.78 is 6.77. The summed E-state index contributed by atoms with van der Waals surface area (Å²) in [6.45, 7) is 0.658. The predicted octanol–water partition coefficient (Wildman–Crippen LogP) is 4.47. The predicted molar refractivity (Wildman–Crippen MR) is 92.4 cm³/mol. The molecule has 5 heteroatoms. The monoisotopic (exact) mass is 379 g/mol. The highest BCUT2D eigenvalue weighted by atomic mass is 79.9. The van der Waals surface area contributed by atoms with Crippen molar-refractivity contribution in [2.75, 3.05) is 6.61 Å². The van der Waals surface area contributed by atoms with Crippen LogP contribution in [0.15, 0.2) is 40.2 Å². The molecule has 0 saturated heterocycles. The van der Waals surface area contributed by atoms with Gasteiger partial charge in [-0.3, -0.25) is 4.79 Å². The van der Waals surface area contributed by atoms with Crippen LogP contribution >= 0.6 is 27.3 Å². The van der Waals surface area contributed by atoms with Crippen molar-refractivity contribution in [1.29, 1.82) is 0 Å². The molecule has 2 heterocycles. The zero-order valence-corrected chi connectivity index (χ0v) is 14.6. The third-order valence-corrected chi connectivity index (χ3v) is 5.43. The molecule has 1 atom stereocenters. The smallest absolute Gasteiger partial charge is 0.220 e. The van der Waals surface area contributed by atoms with E-state index in [2.05, 4.69) is 33.4 Å². The van der Waals surface area contributed by atoms with Gasteiger partial charge >= 0.3 is 0 Å². The lowest BCUT2D eigenvalue weighted by Crippen LogP contribution is -2.32. The number of hydrogen-bond donors (Lipinski definition) is 1. The number of benzene rings is 1. The SMILES string of the molecule is O=C(CCCc1ccc(Br)s1)NC1CCOc2ccccc21. The molecule has 0 radical (unpaired) electrons. The van der Waals surface area contributed by atoms with E-state index in [-0.39, 0.29) is 11.9 Å². The van der Waals surface area contributed by atoms with Gasteiger partial charge in [0.15, 0.2) is 0 Å². The Morgan fingerprint density at radius 3 is 3.00 bits per heavy atom. The molecule has 0 spiro atoms. The second-order valence-electron chi connectivity index (χ2n) is 5.35. The van der Waals surface area contributed by atoms with Crippen LogP contribution in [0.5, 0.6) is 5.75 Å². The molecule has 3 rings (SSSR count). The van der Waals surface area contributed by atoms with Crippen LogP contribution < -0.4 is 10.1 Å². The van der Waals surface area contributed by atoms with E-state index >= 15 is 0 Å². The Balaban J connectivity index is 1.50. The quantitative estimate of drug-likeness (QED) is 0.831. The lowest BCUT2D eigenvalue weighted by molar-refractivity contribution is -0.122. The third kappa shape index (κ3) is 3.90. The average Bonchev–Trinajstić information content (AvgIpc) is 2.93. The van der Waals surface area contributed by atoms with Gasteiger partial charge in [-0.1, -0.05) is 18.2 Å². The van der Waals surface area contributed by atoms with Gasteiger partial charge in [0.2, 0.25) is 5.91 Å². The zero-order valence-electron chi connectivity index (χ0n) is 12.2. The number of nitrogens with one attached hydrogen (secondary N) is 1. The number of carbonyl (C=O) groups excluding carboxylic acids is 1. The first-order valence-corrected chi connectivity index (χ1v) is 9.08. The van der Waals surface area contributed by atoms with Crippen molar-refractivity contribution < 1.29 is 9.53 Å². The number of thiophene rings is 1. The molecule has 3 nitrogen and oxygen atoms in total. The molecule has 116 valence electrons. The molecule has 0 fully saturated rings. The van der Waals surface area contributed by atoms with E-state index in [0.717, 1.165) is 34.4 Å². The van der Waals surface area contributed by atoms with Crippen LogP contribution in [-0.2, 0) is 11.2 Å². The fourth-order valence-electron chi connectivity index (χ4n) is 2.67. The number of rotatable bonds is 5. The molecule has 1 aromatic carbocycles. The van der Waals surface area contributed by atoms with Crippen molar-refractivity contribution in [2.24, 2.45) is 0 Å². The summed E-state index contributed by atoms with van der Waals surface area (Å²) in [7, 11) is 0. The fraction of sp³-hybridized carbons (Fsp3) is 0.353. The molecular formula is C17H18BrNO2S. The molecule has 1 unspecified atom stereocenters. The molecular weight excluding hydrogens is 362 g/mol. The average molecular weight is 380 g/mol. The van der Waals surface area contributed by atoms with Crippen molar-refractivity contribution in [3.05, 3.63) is 50.6 Å². The molecule has 0 saturated carbocycles. The van der Waals surface area contributed by atoms with E-state index in [4.69, 9.17) is 4.74 Å². The Morgan fingerprint density at radius 1 is 1.32 bits per heavy atom. The van der Waals surface area contributed by atoms with Crippen molar-refractivity contribution in [1.82, 2.24) is 5.32 Å². The van der Waals surface area contributed by atoms with E-state index in [1.807, 2.05) is 24.3 Å². The molecule has 2 aromatic rings. The van der Waals surface area contributed by atoms with Crippen molar-refractivity contribution in [3.8, 4) is 5.75 Å². The molecule has 0 bridgehead atoms. The van der Waals surface area contributed by atoms with Crippen LogP contribution in [0.1, 0.15) is 35.7 Å². The molecule has 22 heavy (non-hydrogen) atoms. The van der Waals surface area contributed by atoms with Gasteiger partial charge in [0.05, 0.1) is 16.4 Å². The van der Waals surface area contributed by atoms with E-state index in [1.54, 1.807) is 11.3 Å². The first kappa shape index (κ1) is 15.6. The van der Waals surface area contributed by atoms with Gasteiger partial charge in [0, 0.05) is 23.3 Å². The van der Waals surface area contributed by atoms with Crippen molar-refractivity contribution in [3.63, 3.8) is 0 Å². The van der Waals surface area contributed by atoms with Gasteiger partial charge in [-0.15, -0.1) is 11.3 Å². The standard InChI is InChI=1S/C17H18BrNO2S/c18-16-9-8-12(22-16)4-3-7-17(20)19-14-10-11-21-15-6-2-1-5-13(14)15/h1-2,5-6,8-9,14H,3-4,7,10-11H2,(H,19,20). The molecule has 0 aliphatic carbocycles. The van der Waals surface area contributed by atoms with Crippen LogP contribution in [0.25, 0.3) is 0 Å². The zero-order chi connectivity index (χ0) is 15.4. The normalized spacial score (nSPS) is 16.7. The maximum absolute atomic E-state index is 12.2. The van der Waals surface area contributed by atoms with Crippen LogP contribution in [0.2, 0.25) is 0 Å². The summed E-state index contributed by atoms with van der Waals surface area (Å²) in [5.74, 6) is 1.01. The number of amides is 1. The molecule has 1 amide bonds. The molecule has 1 aliphatic rings. The molecule has 1 aliphatic heterocycles. The van der Waals surface area contributed by atoms with E-state index < -0.39 is 0 Å². The second kappa shape index (κ2) is 7.29. The maximum atomic E-state index is 12.2. The Labute approximate surface area is 142 Å². The van der Waals surface area contributed by atoms with E-state index in [1.165, 1.54) is 4.88 Å². The summed E-state index contributed by atoms with van der Waals surface area (Å²) in [6.07, 6.45) is 3.23. The minimum atomic E-state index is 0.0772. The first-order valence-electron chi connectivity index (χ1n) is 7.47. The number of ether oxygens (including phenoxy) is 1. The number of aryl methyl sites for hydroxylation is 1. The van der Waals surface area contributed by atoms with Crippen LogP contribution in [0.4, 0.5) is 0 Å². The lowest BCUT2D eigenvalue weighted by atomic mass is 10.0. The fourth-order valence-corrected chi connectivity index (χ4v) is 4.19. The summed E-state index contributed by atoms with van der Waals surface area (Å²) in [6, 6.07) is 12.2. The number of halogens is 1. The summed E-state index contributed by atoms with van der Waals surface area (Å²) >= 11 is 5.20. The van der Waals surface area contributed by atoms with Gasteiger partial charge in [-0.2, -0.15) is 0 Å². The summed E-state index contributed by atoms with van der Waals surface area (Å²) in [4.78, 5) is 13.5. The number of carbonyl (C=O) groups is 1. The lowest BCUT2D eigenvalue weighted by Gasteiger charge is -2.26. The van der Waals surface area contributed by atoms with Gasteiger partial charge < -0.3 is 10.1 Å². The van der Waals surface area contributed by atoms with Crippen molar-refractivity contribution in [2.45, 2.75) is 31.7 Å². The Bertz CT molecular complexity index is 656. The van der Waals surface area contributed by atoms with Crippen LogP contribution in [0.3, 0.4) is 0 Å². The number of hydrogen-bond acceptors (Lipinski definition) is 3. The van der Waals surface area contributed by atoms with Crippen LogP contribution in [-0.4, -0.2) is 12.5 Å². The third-order valence-electron chi connectivity index (χ3n) is 3.75. The largest absolute Gasteiger partial charge is 0.493 e. The van der Waals surface area contributed by atoms with E-state index in [0.29, 0.717) is 13.0 Å². The van der Waals surface area contributed by atoms with Crippen LogP contribution in [0, 0.1) is 0 Å². The number of fused-ring (bicyclic) bond motifs is 1. The topological polar surface area (TPSA) is 38.3 Å².